The van der Waals surface area contributed by atoms with Crippen molar-refractivity contribution in [2.75, 3.05) is 13.7 Å². The summed E-state index contributed by atoms with van der Waals surface area (Å²) >= 11 is 0. The average molecular weight is 225 g/mol. The number of aromatic carboxylic acids is 1. The molecule has 1 heterocycles. The lowest BCUT2D eigenvalue weighted by molar-refractivity contribution is 0.0696. The fourth-order valence-corrected chi connectivity index (χ4v) is 1.95. The molecule has 4 nitrogen and oxygen atoms in total. The van der Waals surface area contributed by atoms with Crippen LogP contribution in [-0.4, -0.2) is 29.4 Å². The van der Waals surface area contributed by atoms with Crippen molar-refractivity contribution in [1.82, 2.24) is 4.57 Å². The van der Waals surface area contributed by atoms with E-state index in [0.29, 0.717) is 18.1 Å². The Bertz CT molecular complexity index is 382. The summed E-state index contributed by atoms with van der Waals surface area (Å²) < 4.78 is 7.12. The first-order valence-corrected chi connectivity index (χ1v) is 5.36. The molecule has 1 unspecified atom stereocenters. The normalized spacial score (nSPS) is 12.8. The Hall–Kier alpha value is -1.29. The zero-order valence-electron chi connectivity index (χ0n) is 10.3. The zero-order chi connectivity index (χ0) is 12.3. The highest BCUT2D eigenvalue weighted by atomic mass is 16.5. The van der Waals surface area contributed by atoms with Crippen molar-refractivity contribution in [3.63, 3.8) is 0 Å². The average Bonchev–Trinajstić information content (AvgIpc) is 2.46. The van der Waals surface area contributed by atoms with Crippen molar-refractivity contribution in [2.45, 2.75) is 27.3 Å². The summed E-state index contributed by atoms with van der Waals surface area (Å²) in [5, 5.41) is 9.00. The minimum absolute atomic E-state index is 0.372. The molecular weight excluding hydrogens is 206 g/mol. The van der Waals surface area contributed by atoms with E-state index in [4.69, 9.17) is 9.84 Å². The predicted octanol–water partition coefficient (Wildman–Crippen LogP) is 2.09. The number of methoxy groups -OCH3 is 1. The summed E-state index contributed by atoms with van der Waals surface area (Å²) in [6, 6.07) is 1.72. The molecule has 1 aromatic rings. The molecule has 1 atom stereocenters. The van der Waals surface area contributed by atoms with Gasteiger partial charge in [0.1, 0.15) is 0 Å². The van der Waals surface area contributed by atoms with Crippen molar-refractivity contribution >= 4 is 5.97 Å². The van der Waals surface area contributed by atoms with Gasteiger partial charge in [-0.2, -0.15) is 0 Å². The molecule has 0 saturated heterocycles. The van der Waals surface area contributed by atoms with Gasteiger partial charge in [-0.25, -0.2) is 4.79 Å². The Balaban J connectivity index is 2.92. The van der Waals surface area contributed by atoms with Gasteiger partial charge in [0.15, 0.2) is 0 Å². The van der Waals surface area contributed by atoms with E-state index in [0.717, 1.165) is 17.9 Å². The van der Waals surface area contributed by atoms with Crippen LogP contribution in [0.4, 0.5) is 0 Å². The summed E-state index contributed by atoms with van der Waals surface area (Å²) in [7, 11) is 1.68. The maximum Gasteiger partial charge on any atom is 0.337 e. The van der Waals surface area contributed by atoms with Crippen LogP contribution in [0.2, 0.25) is 0 Å². The van der Waals surface area contributed by atoms with E-state index in [1.165, 1.54) is 0 Å². The van der Waals surface area contributed by atoms with Gasteiger partial charge in [-0.1, -0.05) is 6.92 Å². The Morgan fingerprint density at radius 2 is 2.19 bits per heavy atom. The summed E-state index contributed by atoms with van der Waals surface area (Å²) in [4.78, 5) is 11.0. The lowest BCUT2D eigenvalue weighted by Crippen LogP contribution is -2.15. The molecule has 0 saturated carbocycles. The van der Waals surface area contributed by atoms with Crippen LogP contribution < -0.4 is 0 Å². The first-order chi connectivity index (χ1) is 7.47. The Morgan fingerprint density at radius 3 is 2.62 bits per heavy atom. The zero-order valence-corrected chi connectivity index (χ0v) is 10.3. The number of carbonyl (C=O) groups is 1. The van der Waals surface area contributed by atoms with Gasteiger partial charge in [0.25, 0.3) is 0 Å². The maximum atomic E-state index is 11.0. The number of ether oxygens (including phenoxy) is 1. The third kappa shape index (κ3) is 2.64. The minimum atomic E-state index is -0.862. The third-order valence-electron chi connectivity index (χ3n) is 2.75. The summed E-state index contributed by atoms with van der Waals surface area (Å²) in [6.07, 6.45) is 0. The molecule has 0 fully saturated rings. The molecule has 0 amide bonds. The van der Waals surface area contributed by atoms with Gasteiger partial charge in [-0.3, -0.25) is 0 Å². The van der Waals surface area contributed by atoms with E-state index >= 15 is 0 Å². The molecule has 0 radical (unpaired) electrons. The smallest absolute Gasteiger partial charge is 0.337 e. The Labute approximate surface area is 95.8 Å². The monoisotopic (exact) mass is 225 g/mol. The number of rotatable bonds is 5. The summed E-state index contributed by atoms with van der Waals surface area (Å²) in [5.41, 5.74) is 2.19. The highest BCUT2D eigenvalue weighted by Crippen LogP contribution is 2.17. The van der Waals surface area contributed by atoms with Crippen LogP contribution in [0.25, 0.3) is 0 Å². The molecule has 0 aliphatic heterocycles. The van der Waals surface area contributed by atoms with Crippen LogP contribution in [0.5, 0.6) is 0 Å². The Morgan fingerprint density at radius 1 is 1.56 bits per heavy atom. The summed E-state index contributed by atoms with van der Waals surface area (Å²) in [6.45, 7) is 7.33. The van der Waals surface area contributed by atoms with Crippen LogP contribution in [0.1, 0.15) is 28.7 Å². The lowest BCUT2D eigenvalue weighted by Gasteiger charge is -2.15. The van der Waals surface area contributed by atoms with Gasteiger partial charge in [0, 0.05) is 25.0 Å². The molecule has 1 rings (SSSR count). The van der Waals surface area contributed by atoms with E-state index in [1.807, 2.05) is 18.4 Å². The van der Waals surface area contributed by atoms with Crippen LogP contribution in [0.3, 0.4) is 0 Å². The Kier molecular flexibility index (Phi) is 4.12. The van der Waals surface area contributed by atoms with Gasteiger partial charge < -0.3 is 14.4 Å². The first-order valence-electron chi connectivity index (χ1n) is 5.36. The largest absolute Gasteiger partial charge is 0.478 e. The van der Waals surface area contributed by atoms with Gasteiger partial charge in [-0.05, 0) is 25.8 Å². The highest BCUT2D eigenvalue weighted by molar-refractivity contribution is 5.89. The van der Waals surface area contributed by atoms with Crippen LogP contribution in [0, 0.1) is 19.8 Å². The number of carboxylic acid groups (broad SMARTS) is 1. The van der Waals surface area contributed by atoms with E-state index in [9.17, 15) is 4.79 Å². The number of carboxylic acids is 1. The van der Waals surface area contributed by atoms with Crippen molar-refractivity contribution in [1.29, 1.82) is 0 Å². The fourth-order valence-electron chi connectivity index (χ4n) is 1.95. The molecule has 0 aromatic carbocycles. The van der Waals surface area contributed by atoms with Gasteiger partial charge in [0.05, 0.1) is 12.2 Å². The van der Waals surface area contributed by atoms with Crippen LogP contribution in [-0.2, 0) is 11.3 Å². The van der Waals surface area contributed by atoms with Crippen molar-refractivity contribution in [3.8, 4) is 0 Å². The van der Waals surface area contributed by atoms with E-state index < -0.39 is 5.97 Å². The van der Waals surface area contributed by atoms with E-state index in [-0.39, 0.29) is 0 Å². The van der Waals surface area contributed by atoms with Crippen molar-refractivity contribution < 1.29 is 14.6 Å². The lowest BCUT2D eigenvalue weighted by atomic mass is 10.2. The SMILES string of the molecule is COCC(C)Cn1c(C)cc(C(=O)O)c1C. The van der Waals surface area contributed by atoms with Gasteiger partial charge >= 0.3 is 5.97 Å². The number of aryl methyl sites for hydroxylation is 1. The topological polar surface area (TPSA) is 51.5 Å². The third-order valence-corrected chi connectivity index (χ3v) is 2.75. The van der Waals surface area contributed by atoms with E-state index in [2.05, 4.69) is 6.92 Å². The van der Waals surface area contributed by atoms with Crippen molar-refractivity contribution in [3.05, 3.63) is 23.0 Å². The molecule has 0 spiro atoms. The van der Waals surface area contributed by atoms with Gasteiger partial charge in [0.2, 0.25) is 0 Å². The molecule has 0 aliphatic carbocycles. The standard InChI is InChI=1S/C12H19NO3/c1-8(7-16-4)6-13-9(2)5-11(10(13)3)12(14)15/h5,8H,6-7H2,1-4H3,(H,14,15). The second kappa shape index (κ2) is 5.16. The predicted molar refractivity (Wildman–Crippen MR) is 61.9 cm³/mol. The van der Waals surface area contributed by atoms with Gasteiger partial charge in [-0.15, -0.1) is 0 Å². The molecule has 0 aliphatic rings. The van der Waals surface area contributed by atoms with E-state index in [1.54, 1.807) is 13.2 Å². The summed E-state index contributed by atoms with van der Waals surface area (Å²) in [5.74, 6) is -0.491. The molecule has 0 bridgehead atoms. The highest BCUT2D eigenvalue weighted by Gasteiger charge is 2.15. The van der Waals surface area contributed by atoms with Crippen LogP contribution >= 0.6 is 0 Å². The number of hydrogen-bond donors (Lipinski definition) is 1. The molecule has 1 aromatic heterocycles. The first kappa shape index (κ1) is 12.8. The molecular formula is C12H19NO3. The molecule has 16 heavy (non-hydrogen) atoms. The number of nitrogens with zero attached hydrogens (tertiary/aromatic N) is 1. The molecule has 4 heteroatoms. The molecule has 1 N–H and O–H groups in total. The minimum Gasteiger partial charge on any atom is -0.478 e. The number of hydrogen-bond acceptors (Lipinski definition) is 2. The molecule has 90 valence electrons. The second-order valence-electron chi connectivity index (χ2n) is 4.26. The number of aromatic nitrogens is 1. The van der Waals surface area contributed by atoms with Crippen molar-refractivity contribution in [2.24, 2.45) is 5.92 Å². The second-order valence-corrected chi connectivity index (χ2v) is 4.26. The maximum absolute atomic E-state index is 11.0. The quantitative estimate of drug-likeness (QED) is 0.834. The van der Waals surface area contributed by atoms with Crippen LogP contribution in [0.15, 0.2) is 6.07 Å². The fraction of sp³-hybridized carbons (Fsp3) is 0.583.